The molecule has 2 N–H and O–H groups in total. The van der Waals surface area contributed by atoms with Crippen molar-refractivity contribution < 1.29 is 21.6 Å². The maximum absolute atomic E-state index is 12.7. The lowest BCUT2D eigenvalue weighted by Gasteiger charge is -2.33. The zero-order valence-corrected chi connectivity index (χ0v) is 20.5. The molecule has 0 spiro atoms. The highest BCUT2D eigenvalue weighted by atomic mass is 127. The van der Waals surface area contributed by atoms with Crippen LogP contribution in [0.4, 0.5) is 13.2 Å². The Balaban J connectivity index is 0.00000341. The minimum atomic E-state index is -5.25. The summed E-state index contributed by atoms with van der Waals surface area (Å²) in [5.74, 6) is 0.574. The van der Waals surface area contributed by atoms with Gasteiger partial charge in [-0.25, -0.2) is 8.42 Å². The molecule has 0 radical (unpaired) electrons. The number of halogens is 4. The minimum absolute atomic E-state index is 0. The lowest BCUT2D eigenvalue weighted by atomic mass is 10.00. The molecule has 1 aromatic rings. The number of guanidine groups is 1. The van der Waals surface area contributed by atoms with Gasteiger partial charge in [0.05, 0.1) is 0 Å². The molecule has 7 nitrogen and oxygen atoms in total. The molecule has 2 aliphatic heterocycles. The van der Waals surface area contributed by atoms with Gasteiger partial charge in [0.15, 0.2) is 5.96 Å². The Morgan fingerprint density at radius 3 is 2.42 bits per heavy atom. The molecule has 1 saturated heterocycles. The molecule has 0 bridgehead atoms. The van der Waals surface area contributed by atoms with E-state index in [2.05, 4.69) is 44.8 Å². The van der Waals surface area contributed by atoms with E-state index in [-0.39, 0.29) is 43.1 Å². The van der Waals surface area contributed by atoms with E-state index in [0.717, 1.165) is 26.1 Å². The van der Waals surface area contributed by atoms with Gasteiger partial charge in [0.25, 0.3) is 0 Å². The number of alkyl halides is 3. The molecule has 3 rings (SSSR count). The van der Waals surface area contributed by atoms with E-state index in [1.165, 1.54) is 11.1 Å². The van der Waals surface area contributed by atoms with Crippen LogP contribution in [-0.4, -0.2) is 74.9 Å². The third-order valence-electron chi connectivity index (χ3n) is 5.58. The first-order valence-electron chi connectivity index (χ1n) is 10.0. The van der Waals surface area contributed by atoms with E-state index in [1.54, 1.807) is 7.05 Å². The van der Waals surface area contributed by atoms with E-state index in [4.69, 9.17) is 0 Å². The summed E-state index contributed by atoms with van der Waals surface area (Å²) < 4.78 is 61.5. The highest BCUT2D eigenvalue weighted by Gasteiger charge is 2.50. The molecular weight excluding hydrogens is 546 g/mol. The van der Waals surface area contributed by atoms with Gasteiger partial charge in [-0.3, -0.25) is 9.89 Å². The van der Waals surface area contributed by atoms with Crippen molar-refractivity contribution in [1.82, 2.24) is 19.8 Å². The highest BCUT2D eigenvalue weighted by Crippen LogP contribution is 2.28. The summed E-state index contributed by atoms with van der Waals surface area (Å²) in [6.45, 7) is 3.11. The molecule has 1 fully saturated rings. The second-order valence-electron chi connectivity index (χ2n) is 7.56. The molecule has 0 aromatic heterocycles. The zero-order chi connectivity index (χ0) is 21.8. The largest absolute Gasteiger partial charge is 0.511 e. The topological polar surface area (TPSA) is 77.0 Å². The number of nitrogens with one attached hydrogen (secondary N) is 2. The van der Waals surface area contributed by atoms with Crippen LogP contribution in [0.3, 0.4) is 0 Å². The van der Waals surface area contributed by atoms with Crippen LogP contribution in [0.2, 0.25) is 0 Å². The van der Waals surface area contributed by atoms with Crippen molar-refractivity contribution in [3.8, 4) is 0 Å². The fourth-order valence-corrected chi connectivity index (χ4v) is 4.84. The summed E-state index contributed by atoms with van der Waals surface area (Å²) in [4.78, 5) is 6.54. The van der Waals surface area contributed by atoms with Crippen LogP contribution in [0.5, 0.6) is 0 Å². The van der Waals surface area contributed by atoms with Crippen molar-refractivity contribution in [3.05, 3.63) is 35.4 Å². The zero-order valence-electron chi connectivity index (χ0n) is 17.4. The predicted octanol–water partition coefficient (Wildman–Crippen LogP) is 2.14. The third-order valence-corrected chi connectivity index (χ3v) is 7.21. The van der Waals surface area contributed by atoms with Crippen molar-refractivity contribution >= 4 is 40.0 Å². The Bertz CT molecular complexity index is 858. The molecule has 0 saturated carbocycles. The number of aliphatic imine (C=N–C) groups is 1. The van der Waals surface area contributed by atoms with Gasteiger partial charge in [0, 0.05) is 52.4 Å². The summed E-state index contributed by atoms with van der Waals surface area (Å²) in [5, 5.41) is 6.43. The quantitative estimate of drug-likeness (QED) is 0.320. The molecular formula is C19H29F3IN5O2S. The third kappa shape index (κ3) is 6.68. The van der Waals surface area contributed by atoms with Crippen molar-refractivity contribution in [2.75, 3.05) is 39.8 Å². The van der Waals surface area contributed by atoms with E-state index < -0.39 is 15.5 Å². The van der Waals surface area contributed by atoms with Crippen molar-refractivity contribution in [2.45, 2.75) is 37.4 Å². The van der Waals surface area contributed by atoms with Crippen LogP contribution in [0.15, 0.2) is 29.3 Å². The molecule has 0 unspecified atom stereocenters. The average molecular weight is 575 g/mol. The fourth-order valence-electron chi connectivity index (χ4n) is 3.85. The Hall–Kier alpha value is -1.12. The summed E-state index contributed by atoms with van der Waals surface area (Å²) in [6, 6.07) is 8.31. The second kappa shape index (κ2) is 11.1. The van der Waals surface area contributed by atoms with Gasteiger partial charge in [0.1, 0.15) is 0 Å². The first kappa shape index (κ1) is 26.1. The van der Waals surface area contributed by atoms with Crippen LogP contribution in [0, 0.1) is 0 Å². The molecule has 176 valence electrons. The molecule has 12 heteroatoms. The highest BCUT2D eigenvalue weighted by molar-refractivity contribution is 14.0. The SMILES string of the molecule is CN=C(NCCN1CCc2ccccc2C1)NC1CCN(S(=O)(=O)C(F)(F)F)CC1.I. The summed E-state index contributed by atoms with van der Waals surface area (Å²) in [6.07, 6.45) is 1.61. The Kier molecular flexibility index (Phi) is 9.40. The van der Waals surface area contributed by atoms with E-state index in [1.807, 2.05) is 0 Å². The predicted molar refractivity (Wildman–Crippen MR) is 125 cm³/mol. The van der Waals surface area contributed by atoms with Gasteiger partial charge in [-0.05, 0) is 30.4 Å². The Morgan fingerprint density at radius 2 is 1.81 bits per heavy atom. The summed E-state index contributed by atoms with van der Waals surface area (Å²) >= 11 is 0. The van der Waals surface area contributed by atoms with Gasteiger partial charge in [-0.1, -0.05) is 24.3 Å². The van der Waals surface area contributed by atoms with Gasteiger partial charge >= 0.3 is 15.5 Å². The van der Waals surface area contributed by atoms with Gasteiger partial charge in [-0.2, -0.15) is 17.5 Å². The number of benzene rings is 1. The number of hydrogen-bond acceptors (Lipinski definition) is 4. The number of rotatable bonds is 5. The number of nitrogens with zero attached hydrogens (tertiary/aromatic N) is 3. The van der Waals surface area contributed by atoms with Crippen LogP contribution >= 0.6 is 24.0 Å². The monoisotopic (exact) mass is 575 g/mol. The van der Waals surface area contributed by atoms with Gasteiger partial charge in [0.2, 0.25) is 0 Å². The van der Waals surface area contributed by atoms with E-state index in [9.17, 15) is 21.6 Å². The number of hydrogen-bond donors (Lipinski definition) is 2. The van der Waals surface area contributed by atoms with Gasteiger partial charge in [-0.15, -0.1) is 24.0 Å². The van der Waals surface area contributed by atoms with Crippen molar-refractivity contribution in [2.24, 2.45) is 4.99 Å². The molecule has 0 atom stereocenters. The molecule has 2 heterocycles. The molecule has 31 heavy (non-hydrogen) atoms. The van der Waals surface area contributed by atoms with Crippen LogP contribution < -0.4 is 10.6 Å². The number of sulfonamides is 1. The lowest BCUT2D eigenvalue weighted by Crippen LogP contribution is -2.52. The Morgan fingerprint density at radius 1 is 1.16 bits per heavy atom. The normalized spacial score (nSPS) is 19.4. The minimum Gasteiger partial charge on any atom is -0.355 e. The van der Waals surface area contributed by atoms with Crippen LogP contribution in [0.25, 0.3) is 0 Å². The van der Waals surface area contributed by atoms with Crippen LogP contribution in [0.1, 0.15) is 24.0 Å². The van der Waals surface area contributed by atoms with Crippen LogP contribution in [-0.2, 0) is 23.0 Å². The first-order chi connectivity index (χ1) is 14.2. The standard InChI is InChI=1S/C19H28F3N5O2S.HI/c1-23-18(24-9-13-26-10-6-15-4-2-3-5-16(15)14-26)25-17-7-11-27(12-8-17)30(28,29)19(20,21)22;/h2-5,17H,6-14H2,1H3,(H2,23,24,25);1H. The summed E-state index contributed by atoms with van der Waals surface area (Å²) in [7, 11) is -3.62. The van der Waals surface area contributed by atoms with Crippen molar-refractivity contribution in [3.63, 3.8) is 0 Å². The molecule has 0 aliphatic carbocycles. The maximum atomic E-state index is 12.7. The first-order valence-corrected chi connectivity index (χ1v) is 11.5. The molecule has 2 aliphatic rings. The molecule has 0 amide bonds. The van der Waals surface area contributed by atoms with Gasteiger partial charge < -0.3 is 10.6 Å². The average Bonchev–Trinajstić information content (AvgIpc) is 2.72. The second-order valence-corrected chi connectivity index (χ2v) is 9.49. The number of fused-ring (bicyclic) bond motifs is 1. The molecule has 1 aromatic carbocycles. The van der Waals surface area contributed by atoms with E-state index in [0.29, 0.717) is 29.7 Å². The van der Waals surface area contributed by atoms with Crippen molar-refractivity contribution in [1.29, 1.82) is 0 Å². The fraction of sp³-hybridized carbons (Fsp3) is 0.632. The number of piperidine rings is 1. The Labute approximate surface area is 198 Å². The lowest BCUT2D eigenvalue weighted by molar-refractivity contribution is -0.0494. The maximum Gasteiger partial charge on any atom is 0.511 e. The smallest absolute Gasteiger partial charge is 0.355 e. The summed E-state index contributed by atoms with van der Waals surface area (Å²) in [5.41, 5.74) is -2.50. The van der Waals surface area contributed by atoms with E-state index >= 15 is 0 Å².